The van der Waals surface area contributed by atoms with Crippen molar-refractivity contribution in [1.29, 1.82) is 0 Å². The van der Waals surface area contributed by atoms with Crippen LogP contribution in [0.2, 0.25) is 10.0 Å². The van der Waals surface area contributed by atoms with Crippen LogP contribution < -0.4 is 10.7 Å². The molecule has 0 unspecified atom stereocenters. The average Bonchev–Trinajstić information content (AvgIpc) is 3.60. The quantitative estimate of drug-likeness (QED) is 0.208. The lowest BCUT2D eigenvalue weighted by Gasteiger charge is -2.28. The van der Waals surface area contributed by atoms with Crippen LogP contribution in [0.3, 0.4) is 0 Å². The Kier molecular flexibility index (Phi) is 9.52. The van der Waals surface area contributed by atoms with Gasteiger partial charge < -0.3 is 10.1 Å². The lowest BCUT2D eigenvalue weighted by atomic mass is 10.1. The Bertz CT molecular complexity index is 1750. The molecular formula is C32H28Cl2F3N5O2S. The summed E-state index contributed by atoms with van der Waals surface area (Å²) < 4.78 is 45.9. The number of carbonyl (C=O) groups is 1. The summed E-state index contributed by atoms with van der Waals surface area (Å²) in [6, 6.07) is 13.7. The van der Waals surface area contributed by atoms with Gasteiger partial charge in [-0.05, 0) is 67.4 Å². The lowest BCUT2D eigenvalue weighted by molar-refractivity contribution is -0.137. The third-order valence-corrected chi connectivity index (χ3v) is 9.08. The first-order chi connectivity index (χ1) is 21.7. The van der Waals surface area contributed by atoms with E-state index in [1.54, 1.807) is 22.9 Å². The zero-order valence-electron chi connectivity index (χ0n) is 23.9. The number of nitrogens with zero attached hydrogens (tertiary/aromatic N) is 3. The SMILES string of the molecule is O=C(NN1CCCCC1)c1nn(-c2ccc(Cl)cc2Cl)c(-c2ccc(C#Cc3ccc(C(F)(F)F)cc3)s2)c1CNC1COC1. The standard InChI is InChI=1S/C32H28Cl2F3N5O2S/c33-22-9-12-27(26(34)16-22)42-30(28-13-11-24(45-28)10-6-20-4-7-21(8-5-20)32(35,36)37)25(17-38-23-18-44-19-23)29(39-42)31(43)40-41-14-2-1-3-15-41/h4-5,7-9,11-13,16,23,38H,1-3,14-15,17-19H2,(H,40,43). The van der Waals surface area contributed by atoms with Gasteiger partial charge in [0.2, 0.25) is 0 Å². The number of thiophene rings is 1. The minimum Gasteiger partial charge on any atom is -0.378 e. The number of nitrogens with one attached hydrogen (secondary N) is 2. The number of rotatable bonds is 7. The smallest absolute Gasteiger partial charge is 0.378 e. The van der Waals surface area contributed by atoms with Gasteiger partial charge >= 0.3 is 6.18 Å². The van der Waals surface area contributed by atoms with Crippen molar-refractivity contribution in [3.05, 3.63) is 91.9 Å². The van der Waals surface area contributed by atoms with Crippen molar-refractivity contribution in [2.45, 2.75) is 38.0 Å². The molecule has 0 saturated carbocycles. The fourth-order valence-electron chi connectivity index (χ4n) is 5.09. The van der Waals surface area contributed by atoms with Crippen LogP contribution in [0.1, 0.15) is 51.3 Å². The number of carbonyl (C=O) groups excluding carboxylic acids is 1. The first-order valence-electron chi connectivity index (χ1n) is 14.4. The van der Waals surface area contributed by atoms with Crippen molar-refractivity contribution in [3.63, 3.8) is 0 Å². The highest BCUT2D eigenvalue weighted by molar-refractivity contribution is 7.16. The van der Waals surface area contributed by atoms with Crippen LogP contribution in [-0.2, 0) is 17.5 Å². The van der Waals surface area contributed by atoms with E-state index in [1.165, 1.54) is 23.5 Å². The summed E-state index contributed by atoms with van der Waals surface area (Å²) in [4.78, 5) is 15.2. The van der Waals surface area contributed by atoms with E-state index in [9.17, 15) is 18.0 Å². The van der Waals surface area contributed by atoms with Gasteiger partial charge in [-0.3, -0.25) is 10.2 Å². The van der Waals surface area contributed by atoms with Crippen molar-refractivity contribution in [1.82, 2.24) is 25.5 Å². The van der Waals surface area contributed by atoms with Gasteiger partial charge in [0.25, 0.3) is 5.91 Å². The highest BCUT2D eigenvalue weighted by Crippen LogP contribution is 2.37. The normalized spacial score (nSPS) is 15.8. The van der Waals surface area contributed by atoms with E-state index < -0.39 is 11.7 Å². The van der Waals surface area contributed by atoms with Gasteiger partial charge in [-0.25, -0.2) is 9.69 Å². The number of piperidine rings is 1. The molecule has 0 spiro atoms. The van der Waals surface area contributed by atoms with E-state index in [0.29, 0.717) is 57.2 Å². The molecule has 0 atom stereocenters. The van der Waals surface area contributed by atoms with E-state index in [2.05, 4.69) is 22.6 Å². The van der Waals surface area contributed by atoms with Crippen LogP contribution >= 0.6 is 34.5 Å². The van der Waals surface area contributed by atoms with Gasteiger partial charge in [0, 0.05) is 35.8 Å². The van der Waals surface area contributed by atoms with Gasteiger partial charge in [0.1, 0.15) is 0 Å². The Labute approximate surface area is 272 Å². The molecule has 45 heavy (non-hydrogen) atoms. The fraction of sp³-hybridized carbons (Fsp3) is 0.312. The summed E-state index contributed by atoms with van der Waals surface area (Å²) in [7, 11) is 0. The molecule has 2 fully saturated rings. The molecule has 0 radical (unpaired) electrons. The second-order valence-corrected chi connectivity index (χ2v) is 12.7. The van der Waals surface area contributed by atoms with Gasteiger partial charge in [-0.15, -0.1) is 11.3 Å². The Hall–Kier alpha value is -3.37. The second-order valence-electron chi connectivity index (χ2n) is 10.8. The number of amides is 1. The van der Waals surface area contributed by atoms with E-state index in [1.807, 2.05) is 17.1 Å². The summed E-state index contributed by atoms with van der Waals surface area (Å²) >= 11 is 14.3. The molecule has 0 aliphatic carbocycles. The largest absolute Gasteiger partial charge is 0.416 e. The summed E-state index contributed by atoms with van der Waals surface area (Å²) in [5.41, 5.74) is 4.94. The number of aromatic nitrogens is 2. The number of ether oxygens (including phenoxy) is 1. The molecule has 6 rings (SSSR count). The molecule has 2 aliphatic heterocycles. The maximum atomic E-state index is 13.8. The summed E-state index contributed by atoms with van der Waals surface area (Å²) in [5.74, 6) is 5.68. The number of halogens is 5. The molecule has 1 amide bonds. The molecule has 2 saturated heterocycles. The summed E-state index contributed by atoms with van der Waals surface area (Å²) in [5, 5.41) is 11.0. The number of alkyl halides is 3. The molecule has 7 nitrogen and oxygen atoms in total. The summed E-state index contributed by atoms with van der Waals surface area (Å²) in [6.07, 6.45) is -1.28. The molecule has 0 bridgehead atoms. The van der Waals surface area contributed by atoms with Crippen LogP contribution in [0.15, 0.2) is 54.6 Å². The number of hydrogen-bond acceptors (Lipinski definition) is 6. The van der Waals surface area contributed by atoms with E-state index >= 15 is 0 Å². The highest BCUT2D eigenvalue weighted by Gasteiger charge is 2.30. The first kappa shape index (κ1) is 31.6. The van der Waals surface area contributed by atoms with Crippen LogP contribution in [0.4, 0.5) is 13.2 Å². The Morgan fingerprint density at radius 1 is 1.02 bits per heavy atom. The fourth-order valence-corrected chi connectivity index (χ4v) is 6.50. The predicted molar refractivity (Wildman–Crippen MR) is 169 cm³/mol. The van der Waals surface area contributed by atoms with Gasteiger partial charge in [-0.1, -0.05) is 41.5 Å². The zero-order chi connectivity index (χ0) is 31.6. The molecule has 2 aliphatic rings. The van der Waals surface area contributed by atoms with Crippen molar-refractivity contribution in [2.75, 3.05) is 26.3 Å². The molecule has 2 aromatic carbocycles. The minimum absolute atomic E-state index is 0.145. The number of hydrogen-bond donors (Lipinski definition) is 2. The molecule has 4 aromatic rings. The van der Waals surface area contributed by atoms with Crippen molar-refractivity contribution < 1.29 is 22.7 Å². The number of hydrazine groups is 1. The molecule has 2 aromatic heterocycles. The average molecular weight is 675 g/mol. The molecular weight excluding hydrogens is 646 g/mol. The van der Waals surface area contributed by atoms with E-state index in [-0.39, 0.29) is 17.6 Å². The molecule has 234 valence electrons. The third kappa shape index (κ3) is 7.38. The zero-order valence-corrected chi connectivity index (χ0v) is 26.2. The lowest BCUT2D eigenvalue weighted by Crippen LogP contribution is -2.46. The van der Waals surface area contributed by atoms with Gasteiger partial charge in [0.05, 0.1) is 51.0 Å². The maximum Gasteiger partial charge on any atom is 0.416 e. The predicted octanol–water partition coefficient (Wildman–Crippen LogP) is 6.95. The second kappa shape index (κ2) is 13.5. The van der Waals surface area contributed by atoms with Gasteiger partial charge in [-0.2, -0.15) is 18.3 Å². The number of benzene rings is 2. The first-order valence-corrected chi connectivity index (χ1v) is 16.0. The van der Waals surface area contributed by atoms with Crippen molar-refractivity contribution in [3.8, 4) is 28.1 Å². The van der Waals surface area contributed by atoms with Gasteiger partial charge in [0.15, 0.2) is 5.69 Å². The van der Waals surface area contributed by atoms with E-state index in [0.717, 1.165) is 49.4 Å². The molecule has 2 N–H and O–H groups in total. The Morgan fingerprint density at radius 3 is 2.44 bits per heavy atom. The highest BCUT2D eigenvalue weighted by atomic mass is 35.5. The molecule has 4 heterocycles. The topological polar surface area (TPSA) is 71.4 Å². The Balaban J connectivity index is 1.40. The van der Waals surface area contributed by atoms with E-state index in [4.69, 9.17) is 33.0 Å². The van der Waals surface area contributed by atoms with Crippen LogP contribution in [0, 0.1) is 11.8 Å². The maximum absolute atomic E-state index is 13.8. The minimum atomic E-state index is -4.41. The van der Waals surface area contributed by atoms with Crippen LogP contribution in [0.5, 0.6) is 0 Å². The summed E-state index contributed by atoms with van der Waals surface area (Å²) in [6.45, 7) is 3.03. The monoisotopic (exact) mass is 673 g/mol. The van der Waals surface area contributed by atoms with Crippen LogP contribution in [0.25, 0.3) is 16.3 Å². The third-order valence-electron chi connectivity index (χ3n) is 7.54. The Morgan fingerprint density at radius 2 is 1.78 bits per heavy atom. The van der Waals surface area contributed by atoms with Crippen molar-refractivity contribution in [2.24, 2.45) is 0 Å². The van der Waals surface area contributed by atoms with Crippen LogP contribution in [-0.4, -0.2) is 53.0 Å². The molecule has 13 heteroatoms. The van der Waals surface area contributed by atoms with Crippen molar-refractivity contribution >= 4 is 40.4 Å².